The molecule has 10 heteroatoms. The zero-order valence-electron chi connectivity index (χ0n) is 21.6. The van der Waals surface area contributed by atoms with E-state index < -0.39 is 46.9 Å². The van der Waals surface area contributed by atoms with Gasteiger partial charge in [0.2, 0.25) is 0 Å². The fourth-order valence-corrected chi connectivity index (χ4v) is 5.43. The second-order valence-corrected chi connectivity index (χ2v) is 9.85. The monoisotopic (exact) mass is 556 g/mol. The van der Waals surface area contributed by atoms with Crippen molar-refractivity contribution in [3.8, 4) is 46.0 Å². The lowest BCUT2D eigenvalue weighted by molar-refractivity contribution is 0.0739. The molecule has 0 radical (unpaired) electrons. The Hall–Kier alpha value is -5.38. The maximum absolute atomic E-state index is 14.1. The van der Waals surface area contributed by atoms with Gasteiger partial charge in [0.05, 0.1) is 25.0 Å². The lowest BCUT2D eigenvalue weighted by Crippen LogP contribution is -2.32. The minimum Gasteiger partial charge on any atom is -0.508 e. The largest absolute Gasteiger partial charge is 0.508 e. The summed E-state index contributed by atoms with van der Waals surface area (Å²) in [6.45, 7) is 0. The van der Waals surface area contributed by atoms with Crippen LogP contribution in [0.5, 0.6) is 46.0 Å². The standard InChI is InChI=1S/C31H24O10/c1-39-18-8-4-14(5-9-18)23-13-22(37)25-20(35)12-21(36)27(31(25)40-23)28-29(38)26-19(34)10-17(33)11-24(26)41-30(28)15-2-6-16(32)7-3-15/h2-12,23,28,30,32-36H,13H2,1H3/t23?,28-,30+/m1/s1. The number of benzene rings is 4. The third-order valence-corrected chi connectivity index (χ3v) is 7.36. The van der Waals surface area contributed by atoms with E-state index >= 15 is 0 Å². The highest BCUT2D eigenvalue weighted by molar-refractivity contribution is 6.09. The molecule has 4 aromatic carbocycles. The van der Waals surface area contributed by atoms with Crippen molar-refractivity contribution in [3.63, 3.8) is 0 Å². The summed E-state index contributed by atoms with van der Waals surface area (Å²) >= 11 is 0. The number of fused-ring (bicyclic) bond motifs is 2. The molecule has 0 saturated carbocycles. The van der Waals surface area contributed by atoms with Crippen LogP contribution in [0.1, 0.15) is 62.0 Å². The van der Waals surface area contributed by atoms with Gasteiger partial charge in [0.25, 0.3) is 0 Å². The molecule has 41 heavy (non-hydrogen) atoms. The van der Waals surface area contributed by atoms with Crippen LogP contribution in [-0.4, -0.2) is 44.2 Å². The number of aromatic hydroxyl groups is 5. The molecule has 0 spiro atoms. The van der Waals surface area contributed by atoms with Gasteiger partial charge in [0.1, 0.15) is 69.3 Å². The maximum atomic E-state index is 14.1. The zero-order chi connectivity index (χ0) is 29.0. The average Bonchev–Trinajstić information content (AvgIpc) is 2.93. The molecule has 0 aliphatic carbocycles. The van der Waals surface area contributed by atoms with Gasteiger partial charge in [0, 0.05) is 18.2 Å². The van der Waals surface area contributed by atoms with Gasteiger partial charge < -0.3 is 39.7 Å². The predicted octanol–water partition coefficient (Wildman–Crippen LogP) is 5.03. The maximum Gasteiger partial charge on any atom is 0.182 e. The number of Topliss-reactive ketones (excluding diaryl/α,β-unsaturated/α-hetero) is 2. The van der Waals surface area contributed by atoms with Crippen molar-refractivity contribution in [1.82, 2.24) is 0 Å². The van der Waals surface area contributed by atoms with Gasteiger partial charge in [-0.2, -0.15) is 0 Å². The van der Waals surface area contributed by atoms with Crippen molar-refractivity contribution in [1.29, 1.82) is 0 Å². The van der Waals surface area contributed by atoms with Gasteiger partial charge in [-0.25, -0.2) is 0 Å². The van der Waals surface area contributed by atoms with Crippen LogP contribution < -0.4 is 14.2 Å². The molecular formula is C31H24O10. The van der Waals surface area contributed by atoms with Crippen LogP contribution in [0.4, 0.5) is 0 Å². The summed E-state index contributed by atoms with van der Waals surface area (Å²) < 4.78 is 17.6. The summed E-state index contributed by atoms with van der Waals surface area (Å²) in [6.07, 6.45) is -2.09. The van der Waals surface area contributed by atoms with E-state index in [9.17, 15) is 35.1 Å². The van der Waals surface area contributed by atoms with Gasteiger partial charge in [-0.1, -0.05) is 24.3 Å². The van der Waals surface area contributed by atoms with E-state index in [0.29, 0.717) is 16.9 Å². The first-order valence-corrected chi connectivity index (χ1v) is 12.6. The molecular weight excluding hydrogens is 532 g/mol. The topological polar surface area (TPSA) is 163 Å². The first kappa shape index (κ1) is 25.9. The molecule has 6 rings (SSSR count). The number of ketones is 2. The molecule has 2 aliphatic heterocycles. The van der Waals surface area contributed by atoms with E-state index in [1.165, 1.54) is 37.4 Å². The average molecular weight is 557 g/mol. The van der Waals surface area contributed by atoms with Gasteiger partial charge >= 0.3 is 0 Å². The zero-order valence-corrected chi connectivity index (χ0v) is 21.6. The summed E-state index contributed by atoms with van der Waals surface area (Å²) in [6, 6.07) is 15.8. The Morgan fingerprint density at radius 2 is 1.39 bits per heavy atom. The van der Waals surface area contributed by atoms with Crippen LogP contribution in [-0.2, 0) is 0 Å². The highest BCUT2D eigenvalue weighted by Crippen LogP contribution is 2.55. The Balaban J connectivity index is 1.55. The summed E-state index contributed by atoms with van der Waals surface area (Å²) in [5.41, 5.74) is 0.479. The van der Waals surface area contributed by atoms with Crippen molar-refractivity contribution in [2.45, 2.75) is 24.5 Å². The first-order valence-electron chi connectivity index (χ1n) is 12.6. The molecule has 2 heterocycles. The van der Waals surface area contributed by atoms with Crippen LogP contribution in [0, 0.1) is 0 Å². The molecule has 208 valence electrons. The lowest BCUT2D eigenvalue weighted by Gasteiger charge is -2.36. The minimum atomic E-state index is -1.38. The highest BCUT2D eigenvalue weighted by Gasteiger charge is 2.46. The van der Waals surface area contributed by atoms with Gasteiger partial charge in [-0.05, 0) is 35.4 Å². The number of hydrogen-bond acceptors (Lipinski definition) is 10. The fourth-order valence-electron chi connectivity index (χ4n) is 5.43. The molecule has 2 aliphatic rings. The number of phenols is 5. The van der Waals surface area contributed by atoms with Crippen molar-refractivity contribution >= 4 is 11.6 Å². The number of ether oxygens (including phenoxy) is 3. The molecule has 3 atom stereocenters. The van der Waals surface area contributed by atoms with E-state index in [4.69, 9.17) is 14.2 Å². The highest BCUT2D eigenvalue weighted by atomic mass is 16.5. The Morgan fingerprint density at radius 1 is 0.732 bits per heavy atom. The Morgan fingerprint density at radius 3 is 2.07 bits per heavy atom. The minimum absolute atomic E-state index is 0.0377. The number of carbonyl (C=O) groups excluding carboxylic acids is 2. The molecule has 5 N–H and O–H groups in total. The first-order chi connectivity index (χ1) is 19.7. The number of phenolic OH excluding ortho intramolecular Hbond substituents is 5. The summed E-state index contributed by atoms with van der Waals surface area (Å²) in [5, 5.41) is 52.4. The summed E-state index contributed by atoms with van der Waals surface area (Å²) in [4.78, 5) is 27.5. The molecule has 0 aromatic heterocycles. The number of hydrogen-bond donors (Lipinski definition) is 5. The Bertz CT molecular complexity index is 1690. The number of carbonyl (C=O) groups is 2. The normalized spacial score (nSPS) is 19.5. The summed E-state index contributed by atoms with van der Waals surface area (Å²) in [5.74, 6) is -4.18. The van der Waals surface area contributed by atoms with E-state index in [1.54, 1.807) is 24.3 Å². The molecule has 4 aromatic rings. The van der Waals surface area contributed by atoms with Crippen molar-refractivity contribution in [2.75, 3.05) is 7.11 Å². The van der Waals surface area contributed by atoms with E-state index in [0.717, 1.165) is 12.1 Å². The molecule has 0 amide bonds. The molecule has 0 fully saturated rings. The Kier molecular flexibility index (Phi) is 6.10. The predicted molar refractivity (Wildman–Crippen MR) is 143 cm³/mol. The van der Waals surface area contributed by atoms with Crippen LogP contribution in [0.2, 0.25) is 0 Å². The third-order valence-electron chi connectivity index (χ3n) is 7.36. The second kappa shape index (κ2) is 9.67. The van der Waals surface area contributed by atoms with Crippen molar-refractivity contribution in [2.24, 2.45) is 0 Å². The van der Waals surface area contributed by atoms with Crippen molar-refractivity contribution in [3.05, 3.63) is 94.5 Å². The lowest BCUT2D eigenvalue weighted by atomic mass is 9.78. The number of rotatable bonds is 4. The summed E-state index contributed by atoms with van der Waals surface area (Å²) in [7, 11) is 1.52. The quantitative estimate of drug-likeness (QED) is 0.230. The van der Waals surface area contributed by atoms with Gasteiger partial charge in [0.15, 0.2) is 11.6 Å². The van der Waals surface area contributed by atoms with E-state index in [-0.39, 0.29) is 46.1 Å². The molecule has 10 nitrogen and oxygen atoms in total. The molecule has 0 bridgehead atoms. The molecule has 1 unspecified atom stereocenters. The van der Waals surface area contributed by atoms with Crippen molar-refractivity contribution < 1.29 is 49.3 Å². The Labute approximate surface area is 233 Å². The van der Waals surface area contributed by atoms with E-state index in [2.05, 4.69) is 0 Å². The van der Waals surface area contributed by atoms with E-state index in [1.807, 2.05) is 0 Å². The van der Waals surface area contributed by atoms with Crippen LogP contribution in [0.3, 0.4) is 0 Å². The van der Waals surface area contributed by atoms with Crippen LogP contribution in [0.15, 0.2) is 66.7 Å². The van der Waals surface area contributed by atoms with Crippen LogP contribution in [0.25, 0.3) is 0 Å². The van der Waals surface area contributed by atoms with Crippen LogP contribution >= 0.6 is 0 Å². The number of methoxy groups -OCH3 is 1. The second-order valence-electron chi connectivity index (χ2n) is 9.85. The van der Waals surface area contributed by atoms with Gasteiger partial charge in [-0.15, -0.1) is 0 Å². The fraction of sp³-hybridized carbons (Fsp3) is 0.161. The molecule has 0 saturated heterocycles. The third kappa shape index (κ3) is 4.29. The SMILES string of the molecule is COc1ccc(C2CC(=O)c3c(O)cc(O)c([C@@H]4C(=O)c5c(O)cc(O)cc5O[C@H]4c4ccc(O)cc4)c3O2)cc1. The van der Waals surface area contributed by atoms with Gasteiger partial charge in [-0.3, -0.25) is 9.59 Å². The smallest absolute Gasteiger partial charge is 0.182 e.